The third-order valence-corrected chi connectivity index (χ3v) is 2.93. The fraction of sp³-hybridized carbons (Fsp3) is 0. The van der Waals surface area contributed by atoms with Crippen molar-refractivity contribution in [3.8, 4) is 0 Å². The Morgan fingerprint density at radius 3 is 2.60 bits per heavy atom. The Morgan fingerprint density at radius 1 is 1.20 bits per heavy atom. The minimum Gasteiger partial charge on any atom is -0.478 e. The number of anilines is 1. The van der Waals surface area contributed by atoms with E-state index >= 15 is 0 Å². The lowest BCUT2D eigenvalue weighted by molar-refractivity contribution is 0.0696. The summed E-state index contributed by atoms with van der Waals surface area (Å²) < 4.78 is 0. The van der Waals surface area contributed by atoms with Crippen LogP contribution in [0.1, 0.15) is 20.7 Å². The van der Waals surface area contributed by atoms with Crippen LogP contribution in [0.2, 0.25) is 10.2 Å². The molecule has 0 bridgehead atoms. The fourth-order valence-electron chi connectivity index (χ4n) is 1.54. The van der Waals surface area contributed by atoms with Crippen LogP contribution in [0.25, 0.3) is 0 Å². The maximum absolute atomic E-state index is 12.0. The Kier molecular flexibility index (Phi) is 4.22. The average Bonchev–Trinajstić information content (AvgIpc) is 2.38. The number of aromatic carboxylic acids is 1. The molecule has 7 heteroatoms. The quantitative estimate of drug-likeness (QED) is 0.852. The first-order chi connectivity index (χ1) is 9.47. The van der Waals surface area contributed by atoms with Crippen molar-refractivity contribution in [1.29, 1.82) is 0 Å². The molecule has 1 amide bonds. The van der Waals surface area contributed by atoms with Crippen LogP contribution < -0.4 is 5.32 Å². The summed E-state index contributed by atoms with van der Waals surface area (Å²) in [6.07, 6.45) is 1.46. The number of carboxylic acids is 1. The van der Waals surface area contributed by atoms with E-state index in [9.17, 15) is 9.59 Å². The van der Waals surface area contributed by atoms with E-state index in [4.69, 9.17) is 28.3 Å². The van der Waals surface area contributed by atoms with E-state index in [1.807, 2.05) is 0 Å². The lowest BCUT2D eigenvalue weighted by Gasteiger charge is -2.07. The highest BCUT2D eigenvalue weighted by atomic mass is 35.5. The summed E-state index contributed by atoms with van der Waals surface area (Å²) in [5.74, 6) is -1.64. The summed E-state index contributed by atoms with van der Waals surface area (Å²) in [4.78, 5) is 26.7. The molecule has 0 aliphatic carbocycles. The molecule has 1 aromatic carbocycles. The Balaban J connectivity index is 2.28. The number of carboxylic acid groups (broad SMARTS) is 1. The molecule has 2 rings (SSSR count). The Hall–Kier alpha value is -2.11. The van der Waals surface area contributed by atoms with Gasteiger partial charge in [-0.1, -0.05) is 23.2 Å². The topological polar surface area (TPSA) is 79.3 Å². The largest absolute Gasteiger partial charge is 0.478 e. The first kappa shape index (κ1) is 14.3. The number of nitrogens with one attached hydrogen (secondary N) is 1. The van der Waals surface area contributed by atoms with Crippen molar-refractivity contribution < 1.29 is 14.7 Å². The number of halogens is 2. The maximum Gasteiger partial charge on any atom is 0.335 e. The van der Waals surface area contributed by atoms with Crippen LogP contribution in [0.3, 0.4) is 0 Å². The molecule has 1 heterocycles. The van der Waals surface area contributed by atoms with Crippen LogP contribution in [-0.2, 0) is 0 Å². The van der Waals surface area contributed by atoms with Crippen molar-refractivity contribution in [2.45, 2.75) is 0 Å². The average molecular weight is 311 g/mol. The fourth-order valence-corrected chi connectivity index (χ4v) is 1.98. The second-order valence-corrected chi connectivity index (χ2v) is 4.62. The number of hydrogen-bond donors (Lipinski definition) is 2. The van der Waals surface area contributed by atoms with E-state index in [0.717, 1.165) is 0 Å². The van der Waals surface area contributed by atoms with Crippen LogP contribution >= 0.6 is 23.2 Å². The first-order valence-electron chi connectivity index (χ1n) is 5.43. The van der Waals surface area contributed by atoms with Gasteiger partial charge in [-0.15, -0.1) is 0 Å². The third kappa shape index (κ3) is 3.26. The highest BCUT2D eigenvalue weighted by Gasteiger charge is 2.13. The van der Waals surface area contributed by atoms with Gasteiger partial charge in [-0.25, -0.2) is 9.78 Å². The van der Waals surface area contributed by atoms with E-state index in [1.54, 1.807) is 6.07 Å². The van der Waals surface area contributed by atoms with Crippen molar-refractivity contribution in [1.82, 2.24) is 4.98 Å². The minimum absolute atomic E-state index is 0.0231. The molecule has 0 aliphatic rings. The summed E-state index contributed by atoms with van der Waals surface area (Å²) >= 11 is 11.6. The number of aromatic nitrogens is 1. The van der Waals surface area contributed by atoms with Crippen molar-refractivity contribution in [2.75, 3.05) is 5.32 Å². The van der Waals surface area contributed by atoms with E-state index in [0.29, 0.717) is 0 Å². The molecule has 0 spiro atoms. The van der Waals surface area contributed by atoms with Gasteiger partial charge in [0.2, 0.25) is 0 Å². The highest BCUT2D eigenvalue weighted by molar-refractivity contribution is 6.33. The Labute approximate surface area is 124 Å². The normalized spacial score (nSPS) is 10.1. The first-order valence-corrected chi connectivity index (χ1v) is 6.18. The molecule has 0 atom stereocenters. The third-order valence-electron chi connectivity index (χ3n) is 2.41. The van der Waals surface area contributed by atoms with Gasteiger partial charge in [0, 0.05) is 16.9 Å². The van der Waals surface area contributed by atoms with Crippen LogP contribution in [0, 0.1) is 0 Å². The SMILES string of the molecule is O=C(O)c1cc(Cl)cc(NC(=O)c2cccnc2Cl)c1. The van der Waals surface area contributed by atoms with Gasteiger partial charge in [-0.05, 0) is 30.3 Å². The predicted octanol–water partition coefficient (Wildman–Crippen LogP) is 3.34. The number of carbonyl (C=O) groups excluding carboxylic acids is 1. The number of pyridine rings is 1. The number of carbonyl (C=O) groups is 2. The van der Waals surface area contributed by atoms with Gasteiger partial charge in [0.05, 0.1) is 11.1 Å². The second kappa shape index (κ2) is 5.90. The molecule has 2 N–H and O–H groups in total. The number of hydrogen-bond acceptors (Lipinski definition) is 3. The van der Waals surface area contributed by atoms with Gasteiger partial charge < -0.3 is 10.4 Å². The van der Waals surface area contributed by atoms with Crippen LogP contribution in [0.4, 0.5) is 5.69 Å². The zero-order valence-electron chi connectivity index (χ0n) is 9.93. The molecule has 5 nitrogen and oxygen atoms in total. The summed E-state index contributed by atoms with van der Waals surface area (Å²) in [6, 6.07) is 7.11. The van der Waals surface area contributed by atoms with Gasteiger partial charge in [0.25, 0.3) is 5.91 Å². The predicted molar refractivity (Wildman–Crippen MR) is 75.6 cm³/mol. The van der Waals surface area contributed by atoms with E-state index < -0.39 is 11.9 Å². The molecule has 2 aromatic rings. The molecule has 102 valence electrons. The number of rotatable bonds is 3. The summed E-state index contributed by atoms with van der Waals surface area (Å²) in [6.45, 7) is 0. The van der Waals surface area contributed by atoms with Crippen molar-refractivity contribution in [3.63, 3.8) is 0 Å². The van der Waals surface area contributed by atoms with Gasteiger partial charge >= 0.3 is 5.97 Å². The molecule has 0 unspecified atom stereocenters. The van der Waals surface area contributed by atoms with Gasteiger partial charge in [-0.3, -0.25) is 4.79 Å². The summed E-state index contributed by atoms with van der Waals surface area (Å²) in [5, 5.41) is 11.7. The molecule has 0 saturated heterocycles. The van der Waals surface area contributed by atoms with Crippen LogP contribution in [0.5, 0.6) is 0 Å². The molecular formula is C13H8Cl2N2O3. The summed E-state index contributed by atoms with van der Waals surface area (Å²) in [7, 11) is 0. The zero-order chi connectivity index (χ0) is 14.7. The molecule has 0 fully saturated rings. The van der Waals surface area contributed by atoms with Gasteiger partial charge in [-0.2, -0.15) is 0 Å². The number of amides is 1. The minimum atomic E-state index is -1.14. The van der Waals surface area contributed by atoms with Gasteiger partial charge in [0.15, 0.2) is 0 Å². The van der Waals surface area contributed by atoms with Crippen molar-refractivity contribution >= 4 is 40.8 Å². The number of benzene rings is 1. The second-order valence-electron chi connectivity index (χ2n) is 3.83. The smallest absolute Gasteiger partial charge is 0.335 e. The lowest BCUT2D eigenvalue weighted by atomic mass is 10.2. The van der Waals surface area contributed by atoms with E-state index in [1.165, 1.54) is 30.5 Å². The molecule has 0 radical (unpaired) electrons. The molecule has 0 aliphatic heterocycles. The molecule has 1 aromatic heterocycles. The molecule has 20 heavy (non-hydrogen) atoms. The van der Waals surface area contributed by atoms with Crippen molar-refractivity contribution in [3.05, 3.63) is 57.8 Å². The zero-order valence-corrected chi connectivity index (χ0v) is 11.4. The summed E-state index contributed by atoms with van der Waals surface area (Å²) in [5.41, 5.74) is 0.427. The monoisotopic (exact) mass is 310 g/mol. The Bertz CT molecular complexity index is 689. The van der Waals surface area contributed by atoms with Crippen molar-refractivity contribution in [2.24, 2.45) is 0 Å². The number of nitrogens with zero attached hydrogens (tertiary/aromatic N) is 1. The van der Waals surface area contributed by atoms with Gasteiger partial charge in [0.1, 0.15) is 5.15 Å². The van der Waals surface area contributed by atoms with Crippen LogP contribution in [-0.4, -0.2) is 22.0 Å². The highest BCUT2D eigenvalue weighted by Crippen LogP contribution is 2.21. The standard InChI is InChI=1S/C13H8Cl2N2O3/c14-8-4-7(13(19)20)5-9(6-8)17-12(18)10-2-1-3-16-11(10)15/h1-6H,(H,17,18)(H,19,20). The molecule has 0 saturated carbocycles. The van der Waals surface area contributed by atoms with E-state index in [-0.39, 0.29) is 27.0 Å². The van der Waals surface area contributed by atoms with E-state index in [2.05, 4.69) is 10.3 Å². The van der Waals surface area contributed by atoms with Crippen LogP contribution in [0.15, 0.2) is 36.5 Å². The lowest BCUT2D eigenvalue weighted by Crippen LogP contribution is -2.13. The maximum atomic E-state index is 12.0. The Morgan fingerprint density at radius 2 is 1.95 bits per heavy atom. The molecular weight excluding hydrogens is 303 g/mol.